The van der Waals surface area contributed by atoms with E-state index in [1.165, 1.54) is 5.56 Å². The summed E-state index contributed by atoms with van der Waals surface area (Å²) >= 11 is 3.25. The number of aryl methyl sites for hydroxylation is 1. The van der Waals surface area contributed by atoms with E-state index in [0.717, 1.165) is 30.7 Å². The predicted octanol–water partition coefficient (Wildman–Crippen LogP) is 3.86. The molecule has 1 fully saturated rings. The smallest absolute Gasteiger partial charge is 0.223 e. The van der Waals surface area contributed by atoms with Crippen molar-refractivity contribution in [3.05, 3.63) is 44.8 Å². The Morgan fingerprint density at radius 2 is 2.32 bits per heavy atom. The summed E-state index contributed by atoms with van der Waals surface area (Å²) in [4.78, 5) is 15.5. The van der Waals surface area contributed by atoms with Gasteiger partial charge >= 0.3 is 0 Å². The number of aliphatic hydroxyl groups excluding tert-OH is 1. The fourth-order valence-corrected chi connectivity index (χ4v) is 4.52. The molecule has 0 saturated carbocycles. The van der Waals surface area contributed by atoms with Gasteiger partial charge in [0.05, 0.1) is 6.10 Å². The molecule has 0 bridgehead atoms. The van der Waals surface area contributed by atoms with Crippen molar-refractivity contribution in [3.8, 4) is 0 Å². The number of aliphatic hydroxyl groups is 1. The van der Waals surface area contributed by atoms with E-state index in [-0.39, 0.29) is 11.9 Å². The summed E-state index contributed by atoms with van der Waals surface area (Å²) in [6.07, 6.45) is 3.65. The summed E-state index contributed by atoms with van der Waals surface area (Å²) in [5.41, 5.74) is 1.24. The van der Waals surface area contributed by atoms with Crippen LogP contribution < -0.4 is 0 Å². The van der Waals surface area contributed by atoms with E-state index in [1.807, 2.05) is 22.4 Å². The number of likely N-dealkylation sites (tertiary alicyclic amines) is 1. The van der Waals surface area contributed by atoms with Gasteiger partial charge in [0.2, 0.25) is 5.91 Å². The lowest BCUT2D eigenvalue weighted by molar-refractivity contribution is -0.132. The van der Waals surface area contributed by atoms with Crippen molar-refractivity contribution in [1.82, 2.24) is 4.90 Å². The summed E-state index contributed by atoms with van der Waals surface area (Å²) in [6, 6.07) is 6.20. The first-order valence-corrected chi connectivity index (χ1v) is 9.58. The van der Waals surface area contributed by atoms with Gasteiger partial charge in [0, 0.05) is 23.9 Å². The quantitative estimate of drug-likeness (QED) is 0.871. The average molecular weight is 335 g/mol. The molecule has 22 heavy (non-hydrogen) atoms. The van der Waals surface area contributed by atoms with Gasteiger partial charge in [-0.1, -0.05) is 6.07 Å². The molecule has 5 heteroatoms. The standard InChI is InChI=1S/C17H21NO2S2/c19-15(16-4-2-9-22-16)11-14-3-1-8-18(14)17(20)6-5-13-7-10-21-12-13/h2,4,7,9-10,12,14-15,19H,1,3,5-6,8,11H2/t14-,15+/m0/s1. The third-order valence-corrected chi connectivity index (χ3v) is 5.98. The number of amides is 1. The third-order valence-electron chi connectivity index (χ3n) is 4.27. The molecule has 1 N–H and O–H groups in total. The highest BCUT2D eigenvalue weighted by Gasteiger charge is 2.30. The second kappa shape index (κ2) is 7.40. The maximum absolute atomic E-state index is 12.5. The Bertz CT molecular complexity index is 580. The van der Waals surface area contributed by atoms with Crippen molar-refractivity contribution in [2.24, 2.45) is 0 Å². The topological polar surface area (TPSA) is 40.5 Å². The monoisotopic (exact) mass is 335 g/mol. The van der Waals surface area contributed by atoms with Crippen LogP contribution in [0.2, 0.25) is 0 Å². The molecular formula is C17H21NO2S2. The van der Waals surface area contributed by atoms with Crippen LogP contribution in [0.4, 0.5) is 0 Å². The zero-order valence-electron chi connectivity index (χ0n) is 12.5. The van der Waals surface area contributed by atoms with Gasteiger partial charge in [-0.3, -0.25) is 4.79 Å². The van der Waals surface area contributed by atoms with Crippen LogP contribution in [-0.4, -0.2) is 28.5 Å². The summed E-state index contributed by atoms with van der Waals surface area (Å²) in [7, 11) is 0. The van der Waals surface area contributed by atoms with Gasteiger partial charge in [-0.25, -0.2) is 0 Å². The van der Waals surface area contributed by atoms with E-state index in [4.69, 9.17) is 0 Å². The number of hydrogen-bond acceptors (Lipinski definition) is 4. The molecule has 1 aliphatic heterocycles. The molecule has 1 saturated heterocycles. The van der Waals surface area contributed by atoms with E-state index in [0.29, 0.717) is 12.8 Å². The molecular weight excluding hydrogens is 314 g/mol. The summed E-state index contributed by atoms with van der Waals surface area (Å²) in [6.45, 7) is 0.838. The Kier molecular flexibility index (Phi) is 5.28. The molecule has 1 amide bonds. The second-order valence-corrected chi connectivity index (χ2v) is 7.54. The number of carbonyl (C=O) groups is 1. The number of carbonyl (C=O) groups excluding carboxylic acids is 1. The normalized spacial score (nSPS) is 19.5. The van der Waals surface area contributed by atoms with E-state index < -0.39 is 6.10 Å². The molecule has 0 aliphatic carbocycles. The van der Waals surface area contributed by atoms with Crippen LogP contribution in [-0.2, 0) is 11.2 Å². The molecule has 0 unspecified atom stereocenters. The molecule has 2 aromatic rings. The van der Waals surface area contributed by atoms with Crippen LogP contribution in [0.1, 0.15) is 42.2 Å². The van der Waals surface area contributed by atoms with Crippen molar-refractivity contribution in [3.63, 3.8) is 0 Å². The van der Waals surface area contributed by atoms with Crippen LogP contribution in [0.3, 0.4) is 0 Å². The Hall–Kier alpha value is -1.17. The average Bonchev–Trinajstić information content (AvgIpc) is 3.25. The van der Waals surface area contributed by atoms with E-state index >= 15 is 0 Å². The van der Waals surface area contributed by atoms with Gasteiger partial charge < -0.3 is 10.0 Å². The second-order valence-electron chi connectivity index (χ2n) is 5.78. The molecule has 2 atom stereocenters. The maximum atomic E-state index is 12.5. The van der Waals surface area contributed by atoms with Gasteiger partial charge in [0.15, 0.2) is 0 Å². The number of rotatable bonds is 6. The zero-order chi connectivity index (χ0) is 15.4. The largest absolute Gasteiger partial charge is 0.387 e. The van der Waals surface area contributed by atoms with E-state index in [2.05, 4.69) is 16.8 Å². The van der Waals surface area contributed by atoms with Crippen LogP contribution in [0, 0.1) is 0 Å². The van der Waals surface area contributed by atoms with Crippen LogP contribution in [0.25, 0.3) is 0 Å². The van der Waals surface area contributed by atoms with Gasteiger partial charge in [0.1, 0.15) is 0 Å². The van der Waals surface area contributed by atoms with Gasteiger partial charge in [-0.2, -0.15) is 11.3 Å². The Morgan fingerprint density at radius 3 is 3.05 bits per heavy atom. The third kappa shape index (κ3) is 3.77. The molecule has 2 aromatic heterocycles. The highest BCUT2D eigenvalue weighted by atomic mass is 32.1. The SMILES string of the molecule is O=C(CCc1ccsc1)N1CCC[C@H]1C[C@@H](O)c1cccs1. The molecule has 3 rings (SSSR count). The first kappa shape index (κ1) is 15.7. The molecule has 0 aromatic carbocycles. The molecule has 1 aliphatic rings. The highest BCUT2D eigenvalue weighted by molar-refractivity contribution is 7.10. The van der Waals surface area contributed by atoms with Crippen LogP contribution in [0.5, 0.6) is 0 Å². The van der Waals surface area contributed by atoms with E-state index in [1.54, 1.807) is 22.7 Å². The van der Waals surface area contributed by atoms with E-state index in [9.17, 15) is 9.90 Å². The summed E-state index contributed by atoms with van der Waals surface area (Å²) in [5.74, 6) is 0.229. The number of nitrogens with zero attached hydrogens (tertiary/aromatic N) is 1. The van der Waals surface area contributed by atoms with Gasteiger partial charge in [-0.05, 0) is 59.5 Å². The lowest BCUT2D eigenvalue weighted by Crippen LogP contribution is -2.36. The molecule has 0 spiro atoms. The van der Waals surface area contributed by atoms with Crippen molar-refractivity contribution >= 4 is 28.6 Å². The van der Waals surface area contributed by atoms with Crippen LogP contribution >= 0.6 is 22.7 Å². The summed E-state index contributed by atoms with van der Waals surface area (Å²) in [5, 5.41) is 16.5. The van der Waals surface area contributed by atoms with Gasteiger partial charge in [0.25, 0.3) is 0 Å². The number of thiophene rings is 2. The first-order chi connectivity index (χ1) is 10.7. The minimum atomic E-state index is -0.449. The number of hydrogen-bond donors (Lipinski definition) is 1. The Morgan fingerprint density at radius 1 is 1.41 bits per heavy atom. The summed E-state index contributed by atoms with van der Waals surface area (Å²) < 4.78 is 0. The van der Waals surface area contributed by atoms with Crippen molar-refractivity contribution in [2.75, 3.05) is 6.54 Å². The van der Waals surface area contributed by atoms with Crippen molar-refractivity contribution in [1.29, 1.82) is 0 Å². The lowest BCUT2D eigenvalue weighted by atomic mass is 10.1. The first-order valence-electron chi connectivity index (χ1n) is 7.76. The fourth-order valence-electron chi connectivity index (χ4n) is 3.09. The van der Waals surface area contributed by atoms with Crippen LogP contribution in [0.15, 0.2) is 34.3 Å². The molecule has 3 nitrogen and oxygen atoms in total. The zero-order valence-corrected chi connectivity index (χ0v) is 14.1. The fraction of sp³-hybridized carbons (Fsp3) is 0.471. The lowest BCUT2D eigenvalue weighted by Gasteiger charge is -2.26. The Labute approximate surface area is 139 Å². The molecule has 3 heterocycles. The molecule has 118 valence electrons. The van der Waals surface area contributed by atoms with Crippen molar-refractivity contribution in [2.45, 2.75) is 44.2 Å². The minimum Gasteiger partial charge on any atom is -0.387 e. The maximum Gasteiger partial charge on any atom is 0.223 e. The highest BCUT2D eigenvalue weighted by Crippen LogP contribution is 2.30. The Balaban J connectivity index is 1.54. The van der Waals surface area contributed by atoms with Gasteiger partial charge in [-0.15, -0.1) is 11.3 Å². The predicted molar refractivity (Wildman–Crippen MR) is 91.3 cm³/mol. The van der Waals surface area contributed by atoms with Crippen molar-refractivity contribution < 1.29 is 9.90 Å². The molecule has 0 radical (unpaired) electrons. The minimum absolute atomic E-state index is 0.187.